The van der Waals surface area contributed by atoms with Gasteiger partial charge in [-0.15, -0.1) is 0 Å². The number of nitrogens with zero attached hydrogens (tertiary/aromatic N) is 3. The van der Waals surface area contributed by atoms with Crippen molar-refractivity contribution in [3.05, 3.63) is 30.1 Å². The molecule has 1 aromatic rings. The van der Waals surface area contributed by atoms with Crippen LogP contribution >= 0.6 is 0 Å². The molecule has 1 aromatic heterocycles. The van der Waals surface area contributed by atoms with Gasteiger partial charge in [-0.2, -0.15) is 0 Å². The Balaban J connectivity index is 1.47. The summed E-state index contributed by atoms with van der Waals surface area (Å²) < 4.78 is 0. The fourth-order valence-electron chi connectivity index (χ4n) is 3.45. The molecule has 4 nitrogen and oxygen atoms in total. The van der Waals surface area contributed by atoms with Crippen molar-refractivity contribution in [2.75, 3.05) is 26.2 Å². The van der Waals surface area contributed by atoms with Gasteiger partial charge in [0.05, 0.1) is 5.69 Å². The van der Waals surface area contributed by atoms with Crippen LogP contribution in [-0.4, -0.2) is 46.9 Å². The first-order chi connectivity index (χ1) is 10.3. The third-order valence-corrected chi connectivity index (χ3v) is 4.75. The molecule has 1 aliphatic heterocycles. The molecular weight excluding hydrogens is 262 g/mol. The normalized spacial score (nSPS) is 21.4. The third-order valence-electron chi connectivity index (χ3n) is 4.75. The van der Waals surface area contributed by atoms with E-state index in [1.807, 2.05) is 18.3 Å². The van der Waals surface area contributed by atoms with Crippen LogP contribution in [0, 0.1) is 5.92 Å². The molecule has 2 heterocycles. The lowest BCUT2D eigenvalue weighted by Gasteiger charge is -2.37. The van der Waals surface area contributed by atoms with Gasteiger partial charge >= 0.3 is 0 Å². The van der Waals surface area contributed by atoms with E-state index in [0.717, 1.165) is 51.3 Å². The quantitative estimate of drug-likeness (QED) is 0.856. The van der Waals surface area contributed by atoms with Crippen LogP contribution in [0.25, 0.3) is 0 Å². The number of piperazine rings is 1. The number of carbonyl (C=O) groups excluding carboxylic acids is 1. The van der Waals surface area contributed by atoms with Crippen molar-refractivity contribution in [3.63, 3.8) is 0 Å². The van der Waals surface area contributed by atoms with Gasteiger partial charge in [0, 0.05) is 44.8 Å². The molecule has 0 bridgehead atoms. The lowest BCUT2D eigenvalue weighted by Crippen LogP contribution is -2.50. The molecule has 0 atom stereocenters. The third kappa shape index (κ3) is 3.82. The summed E-state index contributed by atoms with van der Waals surface area (Å²) in [6.45, 7) is 4.58. The minimum atomic E-state index is 0.307. The highest BCUT2D eigenvalue weighted by molar-refractivity contribution is 5.79. The highest BCUT2D eigenvalue weighted by atomic mass is 16.2. The maximum Gasteiger partial charge on any atom is 0.225 e. The first kappa shape index (κ1) is 14.5. The Kier molecular flexibility index (Phi) is 4.86. The minimum Gasteiger partial charge on any atom is -0.340 e. The van der Waals surface area contributed by atoms with Crippen molar-refractivity contribution in [2.24, 2.45) is 5.92 Å². The molecule has 1 saturated carbocycles. The SMILES string of the molecule is O=C(C1CCCCC1)N1CCN(Cc2ccccn2)CC1. The maximum absolute atomic E-state index is 12.5. The number of hydrogen-bond donors (Lipinski definition) is 0. The van der Waals surface area contributed by atoms with Crippen molar-refractivity contribution in [1.29, 1.82) is 0 Å². The van der Waals surface area contributed by atoms with Crippen LogP contribution in [0.1, 0.15) is 37.8 Å². The van der Waals surface area contributed by atoms with Gasteiger partial charge in [0.1, 0.15) is 0 Å². The second kappa shape index (κ2) is 7.03. The number of aromatic nitrogens is 1. The second-order valence-electron chi connectivity index (χ2n) is 6.26. The van der Waals surface area contributed by atoms with Crippen LogP contribution in [0.2, 0.25) is 0 Å². The highest BCUT2D eigenvalue weighted by Gasteiger charge is 2.28. The number of hydrogen-bond acceptors (Lipinski definition) is 3. The summed E-state index contributed by atoms with van der Waals surface area (Å²) in [5, 5.41) is 0. The highest BCUT2D eigenvalue weighted by Crippen LogP contribution is 2.25. The zero-order valence-electron chi connectivity index (χ0n) is 12.7. The van der Waals surface area contributed by atoms with Crippen LogP contribution in [-0.2, 0) is 11.3 Å². The monoisotopic (exact) mass is 287 g/mol. The van der Waals surface area contributed by atoms with Gasteiger partial charge < -0.3 is 4.90 Å². The Morgan fingerprint density at radius 2 is 1.86 bits per heavy atom. The number of carbonyl (C=O) groups is 1. The zero-order chi connectivity index (χ0) is 14.5. The average molecular weight is 287 g/mol. The van der Waals surface area contributed by atoms with Gasteiger partial charge in [0.25, 0.3) is 0 Å². The second-order valence-corrected chi connectivity index (χ2v) is 6.26. The smallest absolute Gasteiger partial charge is 0.225 e. The summed E-state index contributed by atoms with van der Waals surface area (Å²) in [5.41, 5.74) is 1.12. The van der Waals surface area contributed by atoms with E-state index in [2.05, 4.69) is 20.9 Å². The molecular formula is C17H25N3O. The van der Waals surface area contributed by atoms with Gasteiger partial charge in [0.2, 0.25) is 5.91 Å². The van der Waals surface area contributed by atoms with Gasteiger partial charge in [-0.3, -0.25) is 14.7 Å². The predicted octanol–water partition coefficient (Wildman–Crippen LogP) is 2.31. The Morgan fingerprint density at radius 1 is 1.10 bits per heavy atom. The Labute approximate surface area is 127 Å². The zero-order valence-corrected chi connectivity index (χ0v) is 12.7. The van der Waals surface area contributed by atoms with E-state index in [1.165, 1.54) is 19.3 Å². The first-order valence-corrected chi connectivity index (χ1v) is 8.24. The number of rotatable bonds is 3. The molecule has 4 heteroatoms. The molecule has 2 fully saturated rings. The molecule has 114 valence electrons. The summed E-state index contributed by atoms with van der Waals surface area (Å²) >= 11 is 0. The molecule has 2 aliphatic rings. The van der Waals surface area contributed by atoms with Crippen LogP contribution in [0.15, 0.2) is 24.4 Å². The van der Waals surface area contributed by atoms with E-state index in [-0.39, 0.29) is 0 Å². The number of amides is 1. The van der Waals surface area contributed by atoms with Crippen molar-refractivity contribution in [3.8, 4) is 0 Å². The molecule has 0 spiro atoms. The molecule has 0 N–H and O–H groups in total. The lowest BCUT2D eigenvalue weighted by molar-refractivity contribution is -0.138. The van der Waals surface area contributed by atoms with E-state index in [4.69, 9.17) is 0 Å². The molecule has 0 aromatic carbocycles. The summed E-state index contributed by atoms with van der Waals surface area (Å²) in [6.07, 6.45) is 7.83. The van der Waals surface area contributed by atoms with E-state index >= 15 is 0 Å². The van der Waals surface area contributed by atoms with Gasteiger partial charge in [-0.05, 0) is 25.0 Å². The largest absolute Gasteiger partial charge is 0.340 e. The fourth-order valence-corrected chi connectivity index (χ4v) is 3.45. The van der Waals surface area contributed by atoms with E-state index in [9.17, 15) is 4.79 Å². The van der Waals surface area contributed by atoms with E-state index < -0.39 is 0 Å². The van der Waals surface area contributed by atoms with E-state index in [0.29, 0.717) is 11.8 Å². The summed E-state index contributed by atoms with van der Waals surface area (Å²) in [6, 6.07) is 6.05. The minimum absolute atomic E-state index is 0.307. The summed E-state index contributed by atoms with van der Waals surface area (Å²) in [7, 11) is 0. The molecule has 0 radical (unpaired) electrons. The first-order valence-electron chi connectivity index (χ1n) is 8.24. The Hall–Kier alpha value is -1.42. The molecule has 1 aliphatic carbocycles. The van der Waals surface area contributed by atoms with Crippen molar-refractivity contribution in [2.45, 2.75) is 38.6 Å². The van der Waals surface area contributed by atoms with Crippen LogP contribution in [0.3, 0.4) is 0 Å². The predicted molar refractivity (Wildman–Crippen MR) is 82.7 cm³/mol. The van der Waals surface area contributed by atoms with Gasteiger partial charge in [0.15, 0.2) is 0 Å². The van der Waals surface area contributed by atoms with Crippen LogP contribution in [0.4, 0.5) is 0 Å². The standard InChI is InChI=1S/C17H25N3O/c21-17(15-6-2-1-3-7-15)20-12-10-19(11-13-20)14-16-8-4-5-9-18-16/h4-5,8-9,15H,1-3,6-7,10-14H2. The van der Waals surface area contributed by atoms with Crippen molar-refractivity contribution >= 4 is 5.91 Å². The van der Waals surface area contributed by atoms with Gasteiger partial charge in [-0.1, -0.05) is 25.3 Å². The summed E-state index contributed by atoms with van der Waals surface area (Å²) in [4.78, 5) is 21.4. The lowest BCUT2D eigenvalue weighted by atomic mass is 9.88. The average Bonchev–Trinajstić information content (AvgIpc) is 2.57. The van der Waals surface area contributed by atoms with Crippen molar-refractivity contribution < 1.29 is 4.79 Å². The van der Waals surface area contributed by atoms with Crippen LogP contribution in [0.5, 0.6) is 0 Å². The van der Waals surface area contributed by atoms with Crippen molar-refractivity contribution in [1.82, 2.24) is 14.8 Å². The van der Waals surface area contributed by atoms with Gasteiger partial charge in [-0.25, -0.2) is 0 Å². The molecule has 3 rings (SSSR count). The topological polar surface area (TPSA) is 36.4 Å². The van der Waals surface area contributed by atoms with Crippen LogP contribution < -0.4 is 0 Å². The Morgan fingerprint density at radius 3 is 2.52 bits per heavy atom. The molecule has 21 heavy (non-hydrogen) atoms. The fraction of sp³-hybridized carbons (Fsp3) is 0.647. The number of pyridine rings is 1. The molecule has 1 saturated heterocycles. The maximum atomic E-state index is 12.5. The molecule has 1 amide bonds. The Bertz CT molecular complexity index is 448. The molecule has 0 unspecified atom stereocenters. The van der Waals surface area contributed by atoms with E-state index in [1.54, 1.807) is 0 Å². The summed E-state index contributed by atoms with van der Waals surface area (Å²) in [5.74, 6) is 0.716.